The van der Waals surface area contributed by atoms with E-state index in [0.717, 1.165) is 36.2 Å². The van der Waals surface area contributed by atoms with Crippen LogP contribution in [-0.2, 0) is 9.47 Å². The zero-order valence-corrected chi connectivity index (χ0v) is 15.0. The van der Waals surface area contributed by atoms with Gasteiger partial charge in [0, 0.05) is 17.3 Å². The molecule has 4 rings (SSSR count). The molecule has 6 unspecified atom stereocenters. The maximum atomic E-state index is 5.67. The van der Waals surface area contributed by atoms with Crippen LogP contribution < -0.4 is 5.32 Å². The zero-order valence-electron chi connectivity index (χ0n) is 14.2. The van der Waals surface area contributed by atoms with Crippen molar-refractivity contribution >= 4 is 16.5 Å². The second-order valence-corrected chi connectivity index (χ2v) is 8.58. The average molecular weight is 337 g/mol. The van der Waals surface area contributed by atoms with E-state index in [1.54, 1.807) is 11.3 Å². The fourth-order valence-electron chi connectivity index (χ4n) is 4.34. The molecule has 128 valence electrons. The smallest absolute Gasteiger partial charge is 0.183 e. The summed E-state index contributed by atoms with van der Waals surface area (Å²) < 4.78 is 11.3. The highest BCUT2D eigenvalue weighted by atomic mass is 32.1. The molecule has 2 saturated carbocycles. The van der Waals surface area contributed by atoms with E-state index in [0.29, 0.717) is 24.9 Å². The maximum absolute atomic E-state index is 5.67. The molecule has 3 aliphatic rings. The van der Waals surface area contributed by atoms with Crippen molar-refractivity contribution < 1.29 is 9.47 Å². The zero-order chi connectivity index (χ0) is 15.8. The van der Waals surface area contributed by atoms with Gasteiger partial charge in [0.25, 0.3) is 0 Å². The van der Waals surface area contributed by atoms with Crippen molar-refractivity contribution in [2.45, 2.75) is 76.5 Å². The van der Waals surface area contributed by atoms with E-state index < -0.39 is 0 Å². The topological polar surface area (TPSA) is 43.4 Å². The van der Waals surface area contributed by atoms with Crippen LogP contribution in [0, 0.1) is 11.8 Å². The largest absolute Gasteiger partial charge is 0.359 e. The molecule has 1 aromatic heterocycles. The normalized spacial score (nSPS) is 40.8. The molecule has 2 heterocycles. The minimum Gasteiger partial charge on any atom is -0.359 e. The Kier molecular flexibility index (Phi) is 4.61. The van der Waals surface area contributed by atoms with Crippen molar-refractivity contribution in [2.75, 3.05) is 12.1 Å². The maximum Gasteiger partial charge on any atom is 0.183 e. The number of hydrogen-bond donors (Lipinski definition) is 1. The summed E-state index contributed by atoms with van der Waals surface area (Å²) >= 11 is 1.77. The molecule has 2 aliphatic carbocycles. The predicted octanol–water partition coefficient (Wildman–Crippen LogP) is 4.39. The molecule has 5 heteroatoms. The first kappa shape index (κ1) is 15.9. The van der Waals surface area contributed by atoms with Gasteiger partial charge in [0.05, 0.1) is 17.9 Å². The number of anilines is 1. The Labute approximate surface area is 143 Å². The summed E-state index contributed by atoms with van der Waals surface area (Å²) in [5.74, 6) is 2.35. The van der Waals surface area contributed by atoms with Gasteiger partial charge in [0.1, 0.15) is 6.79 Å². The first-order valence-electron chi connectivity index (χ1n) is 9.14. The van der Waals surface area contributed by atoms with Crippen LogP contribution in [0.2, 0.25) is 0 Å². The second-order valence-electron chi connectivity index (χ2n) is 7.72. The van der Waals surface area contributed by atoms with Crippen molar-refractivity contribution in [3.63, 3.8) is 0 Å². The van der Waals surface area contributed by atoms with Crippen molar-refractivity contribution in [1.29, 1.82) is 0 Å². The SMILES string of the molecule is CC1CCC(c2csc(NC3CCC4OCOC4C3)n2)CC1C. The van der Waals surface area contributed by atoms with Gasteiger partial charge in [0.15, 0.2) is 5.13 Å². The molecule has 0 bridgehead atoms. The van der Waals surface area contributed by atoms with Gasteiger partial charge in [-0.25, -0.2) is 4.98 Å². The number of aromatic nitrogens is 1. The predicted molar refractivity (Wildman–Crippen MR) is 92.9 cm³/mol. The molecule has 4 nitrogen and oxygen atoms in total. The lowest BCUT2D eigenvalue weighted by atomic mass is 9.75. The summed E-state index contributed by atoms with van der Waals surface area (Å²) in [6, 6.07) is 0.474. The summed E-state index contributed by atoms with van der Waals surface area (Å²) in [5.41, 5.74) is 1.31. The van der Waals surface area contributed by atoms with Gasteiger partial charge in [-0.05, 0) is 50.4 Å². The van der Waals surface area contributed by atoms with Gasteiger partial charge in [0.2, 0.25) is 0 Å². The van der Waals surface area contributed by atoms with Crippen LogP contribution in [0.15, 0.2) is 5.38 Å². The molecule has 23 heavy (non-hydrogen) atoms. The van der Waals surface area contributed by atoms with E-state index in [4.69, 9.17) is 14.5 Å². The number of nitrogens with zero attached hydrogens (tertiary/aromatic N) is 1. The summed E-state index contributed by atoms with van der Waals surface area (Å²) in [5, 5.41) is 7.01. The first-order valence-corrected chi connectivity index (χ1v) is 10.0. The molecule has 0 radical (unpaired) electrons. The monoisotopic (exact) mass is 336 g/mol. The molecular formula is C18H28N2O2S. The van der Waals surface area contributed by atoms with Crippen LogP contribution >= 0.6 is 11.3 Å². The van der Waals surface area contributed by atoms with Crippen LogP contribution in [0.25, 0.3) is 0 Å². The Hall–Kier alpha value is -0.650. The van der Waals surface area contributed by atoms with E-state index >= 15 is 0 Å². The minimum atomic E-state index is 0.279. The quantitative estimate of drug-likeness (QED) is 0.889. The van der Waals surface area contributed by atoms with Crippen molar-refractivity contribution in [3.05, 3.63) is 11.1 Å². The Morgan fingerprint density at radius 3 is 2.78 bits per heavy atom. The fourth-order valence-corrected chi connectivity index (χ4v) is 5.21. The van der Waals surface area contributed by atoms with Gasteiger partial charge in [-0.3, -0.25) is 0 Å². The van der Waals surface area contributed by atoms with Gasteiger partial charge < -0.3 is 14.8 Å². The summed E-state index contributed by atoms with van der Waals surface area (Å²) in [6.07, 6.45) is 7.82. The Balaban J connectivity index is 1.35. The van der Waals surface area contributed by atoms with Crippen LogP contribution in [-0.4, -0.2) is 30.0 Å². The average Bonchev–Trinajstić information content (AvgIpc) is 3.19. The van der Waals surface area contributed by atoms with Crippen molar-refractivity contribution in [2.24, 2.45) is 11.8 Å². The molecule has 1 saturated heterocycles. The second kappa shape index (κ2) is 6.69. The molecule has 1 aliphatic heterocycles. The van der Waals surface area contributed by atoms with Gasteiger partial charge >= 0.3 is 0 Å². The summed E-state index contributed by atoms with van der Waals surface area (Å²) in [4.78, 5) is 4.91. The Morgan fingerprint density at radius 1 is 1.04 bits per heavy atom. The summed E-state index contributed by atoms with van der Waals surface area (Å²) in [6.45, 7) is 5.26. The summed E-state index contributed by atoms with van der Waals surface area (Å²) in [7, 11) is 0. The number of ether oxygens (including phenoxy) is 2. The fraction of sp³-hybridized carbons (Fsp3) is 0.833. The number of rotatable bonds is 3. The van der Waals surface area contributed by atoms with Gasteiger partial charge in [-0.1, -0.05) is 13.8 Å². The standard InChI is InChI=1S/C18H28N2O2S/c1-11-3-4-13(7-12(11)2)15-9-23-18(20-15)19-14-5-6-16-17(8-14)22-10-21-16/h9,11-14,16-17H,3-8,10H2,1-2H3,(H,19,20). The molecule has 0 spiro atoms. The van der Waals surface area contributed by atoms with E-state index in [1.165, 1.54) is 25.0 Å². The Morgan fingerprint density at radius 2 is 1.91 bits per heavy atom. The van der Waals surface area contributed by atoms with Crippen LogP contribution in [0.3, 0.4) is 0 Å². The highest BCUT2D eigenvalue weighted by molar-refractivity contribution is 7.13. The number of nitrogens with one attached hydrogen (secondary N) is 1. The third-order valence-corrected chi connectivity index (χ3v) is 6.95. The van der Waals surface area contributed by atoms with Crippen LogP contribution in [0.1, 0.15) is 64.0 Å². The van der Waals surface area contributed by atoms with Crippen molar-refractivity contribution in [1.82, 2.24) is 4.98 Å². The lowest BCUT2D eigenvalue weighted by Crippen LogP contribution is -2.37. The lowest BCUT2D eigenvalue weighted by molar-refractivity contribution is 0.0395. The van der Waals surface area contributed by atoms with E-state index in [9.17, 15) is 0 Å². The molecule has 3 fully saturated rings. The molecule has 0 aromatic carbocycles. The van der Waals surface area contributed by atoms with Crippen molar-refractivity contribution in [3.8, 4) is 0 Å². The number of fused-ring (bicyclic) bond motifs is 1. The number of hydrogen-bond acceptors (Lipinski definition) is 5. The lowest BCUT2D eigenvalue weighted by Gasteiger charge is -2.31. The van der Waals surface area contributed by atoms with Gasteiger partial charge in [-0.15, -0.1) is 11.3 Å². The molecular weight excluding hydrogens is 308 g/mol. The van der Waals surface area contributed by atoms with E-state index in [1.807, 2.05) is 0 Å². The third kappa shape index (κ3) is 3.42. The van der Waals surface area contributed by atoms with Crippen LogP contribution in [0.5, 0.6) is 0 Å². The Bertz CT molecular complexity index is 535. The van der Waals surface area contributed by atoms with Crippen LogP contribution in [0.4, 0.5) is 5.13 Å². The minimum absolute atomic E-state index is 0.279. The first-order chi connectivity index (χ1) is 11.2. The molecule has 6 atom stereocenters. The molecule has 1 aromatic rings. The third-order valence-electron chi connectivity index (χ3n) is 6.16. The van der Waals surface area contributed by atoms with E-state index in [-0.39, 0.29) is 6.10 Å². The highest BCUT2D eigenvalue weighted by Gasteiger charge is 2.36. The van der Waals surface area contributed by atoms with Gasteiger partial charge in [-0.2, -0.15) is 0 Å². The molecule has 0 amide bonds. The van der Waals surface area contributed by atoms with E-state index in [2.05, 4.69) is 24.5 Å². The highest BCUT2D eigenvalue weighted by Crippen LogP contribution is 2.40. The molecule has 1 N–H and O–H groups in total. The number of thiazole rings is 1.